The largest absolute Gasteiger partial charge is 0.300 e. The van der Waals surface area contributed by atoms with Gasteiger partial charge >= 0.3 is 0 Å². The highest BCUT2D eigenvalue weighted by atomic mass is 35.5. The third-order valence-corrected chi connectivity index (χ3v) is 2.84. The lowest BCUT2D eigenvalue weighted by atomic mass is 10.1. The predicted molar refractivity (Wildman–Crippen MR) is 67.7 cm³/mol. The summed E-state index contributed by atoms with van der Waals surface area (Å²) in [6, 6.07) is 0. The van der Waals surface area contributed by atoms with Gasteiger partial charge in [-0.15, -0.1) is 0 Å². The van der Waals surface area contributed by atoms with E-state index in [1.807, 2.05) is 0 Å². The van der Waals surface area contributed by atoms with Crippen LogP contribution in [0, 0.1) is 0 Å². The summed E-state index contributed by atoms with van der Waals surface area (Å²) in [6.45, 7) is 1.65. The lowest BCUT2D eigenvalue weighted by Crippen LogP contribution is -1.89. The number of unbranched alkanes of at least 4 members (excludes halogenated alkanes) is 7. The fourth-order valence-corrected chi connectivity index (χ4v) is 1.83. The maximum atomic E-state index is 10.7. The zero-order valence-corrected chi connectivity index (χ0v) is 11.0. The molecule has 16 heavy (non-hydrogen) atoms. The molecule has 0 aliphatic heterocycles. The summed E-state index contributed by atoms with van der Waals surface area (Å²) in [7, 11) is 0. The molecule has 2 nitrogen and oxygen atoms in total. The fourth-order valence-electron chi connectivity index (χ4n) is 1.70. The van der Waals surface area contributed by atoms with E-state index in [4.69, 9.17) is 11.6 Å². The molecule has 0 fully saturated rings. The zero-order chi connectivity index (χ0) is 12.2. The molecular weight excluding hydrogens is 224 g/mol. The van der Waals surface area contributed by atoms with Gasteiger partial charge in [0.2, 0.25) is 5.24 Å². The van der Waals surface area contributed by atoms with Gasteiger partial charge in [-0.2, -0.15) is 0 Å². The highest BCUT2D eigenvalue weighted by Gasteiger charge is 1.97. The molecule has 0 aliphatic carbocycles. The monoisotopic (exact) mass is 246 g/mol. The third kappa shape index (κ3) is 13.6. The van der Waals surface area contributed by atoms with Crippen LogP contribution in [-0.2, 0) is 9.59 Å². The third-order valence-electron chi connectivity index (χ3n) is 2.65. The smallest absolute Gasteiger partial charge is 0.221 e. The number of rotatable bonds is 11. The molecule has 94 valence electrons. The highest BCUT2D eigenvalue weighted by Crippen LogP contribution is 2.11. The van der Waals surface area contributed by atoms with Crippen molar-refractivity contribution < 1.29 is 9.59 Å². The molecule has 0 aromatic rings. The van der Waals surface area contributed by atoms with Crippen LogP contribution < -0.4 is 0 Å². The second-order valence-electron chi connectivity index (χ2n) is 4.39. The van der Waals surface area contributed by atoms with E-state index in [-0.39, 0.29) is 5.24 Å². The van der Waals surface area contributed by atoms with Gasteiger partial charge in [0, 0.05) is 12.8 Å². The number of Topliss-reactive ketones (excluding diaryl/α,β-unsaturated/α-hetero) is 1. The summed E-state index contributed by atoms with van der Waals surface area (Å²) in [5.41, 5.74) is 0. The maximum absolute atomic E-state index is 10.7. The van der Waals surface area contributed by atoms with E-state index in [0.29, 0.717) is 12.2 Å². The molecule has 0 spiro atoms. The zero-order valence-electron chi connectivity index (χ0n) is 10.3. The van der Waals surface area contributed by atoms with Crippen molar-refractivity contribution in [3.8, 4) is 0 Å². The fraction of sp³-hybridized carbons (Fsp3) is 0.846. The van der Waals surface area contributed by atoms with Crippen molar-refractivity contribution in [2.75, 3.05) is 0 Å². The molecule has 0 heterocycles. The molecule has 0 atom stereocenters. The van der Waals surface area contributed by atoms with Gasteiger partial charge in [-0.25, -0.2) is 0 Å². The van der Waals surface area contributed by atoms with Crippen molar-refractivity contribution in [1.29, 1.82) is 0 Å². The maximum Gasteiger partial charge on any atom is 0.221 e. The molecule has 3 heteroatoms. The van der Waals surface area contributed by atoms with Gasteiger partial charge in [0.1, 0.15) is 5.78 Å². The van der Waals surface area contributed by atoms with Crippen molar-refractivity contribution in [2.45, 2.75) is 71.1 Å². The van der Waals surface area contributed by atoms with E-state index < -0.39 is 0 Å². The molecular formula is C13H23ClO2. The second-order valence-corrected chi connectivity index (χ2v) is 4.81. The van der Waals surface area contributed by atoms with Crippen molar-refractivity contribution in [1.82, 2.24) is 0 Å². The minimum Gasteiger partial charge on any atom is -0.300 e. The lowest BCUT2D eigenvalue weighted by molar-refractivity contribution is -0.117. The molecule has 0 N–H and O–H groups in total. The number of hydrogen-bond donors (Lipinski definition) is 0. The molecule has 0 saturated carbocycles. The Balaban J connectivity index is 2.98. The molecule has 0 aromatic heterocycles. The van der Waals surface area contributed by atoms with Crippen LogP contribution >= 0.6 is 11.6 Å². The first-order chi connectivity index (χ1) is 7.63. The van der Waals surface area contributed by atoms with Gasteiger partial charge in [0.15, 0.2) is 0 Å². The first-order valence-corrected chi connectivity index (χ1v) is 6.68. The van der Waals surface area contributed by atoms with Crippen molar-refractivity contribution >= 4 is 22.6 Å². The minimum absolute atomic E-state index is 0.218. The molecule has 0 aliphatic rings. The van der Waals surface area contributed by atoms with Crippen LogP contribution in [0.15, 0.2) is 0 Å². The van der Waals surface area contributed by atoms with E-state index in [1.165, 1.54) is 32.1 Å². The predicted octanol–water partition coefficient (Wildman–Crippen LogP) is 4.24. The van der Waals surface area contributed by atoms with Crippen molar-refractivity contribution in [2.24, 2.45) is 0 Å². The first-order valence-electron chi connectivity index (χ1n) is 6.30. The topological polar surface area (TPSA) is 34.1 Å². The Morgan fingerprint density at radius 2 is 1.12 bits per heavy atom. The summed E-state index contributed by atoms with van der Waals surface area (Å²) >= 11 is 5.23. The molecule has 0 radical (unpaired) electrons. The Kier molecular flexibility index (Phi) is 10.9. The quantitative estimate of drug-likeness (QED) is 0.404. The van der Waals surface area contributed by atoms with E-state index in [0.717, 1.165) is 25.7 Å². The van der Waals surface area contributed by atoms with E-state index in [9.17, 15) is 9.59 Å². The van der Waals surface area contributed by atoms with Crippen molar-refractivity contribution in [3.63, 3.8) is 0 Å². The molecule has 0 bridgehead atoms. The summed E-state index contributed by atoms with van der Waals surface area (Å²) < 4.78 is 0. The van der Waals surface area contributed by atoms with Crippen LogP contribution in [0.1, 0.15) is 71.1 Å². The average Bonchev–Trinajstić information content (AvgIpc) is 2.20. The molecule has 0 unspecified atom stereocenters. The normalized spacial score (nSPS) is 10.4. The standard InChI is InChI=1S/C13H23ClO2/c1-12(15)10-8-6-4-2-3-5-7-9-11-13(14)16/h2-11H2,1H3. The SMILES string of the molecule is CC(=O)CCCCCCCCCCC(=O)Cl. The van der Waals surface area contributed by atoms with Crippen LogP contribution in [0.25, 0.3) is 0 Å². The number of ketones is 1. The highest BCUT2D eigenvalue weighted by molar-refractivity contribution is 6.63. The van der Waals surface area contributed by atoms with Gasteiger partial charge < -0.3 is 4.79 Å². The minimum atomic E-state index is -0.218. The molecule has 0 rings (SSSR count). The number of carbonyl (C=O) groups is 2. The average molecular weight is 247 g/mol. The Labute approximate surface area is 104 Å². The van der Waals surface area contributed by atoms with E-state index in [2.05, 4.69) is 0 Å². The van der Waals surface area contributed by atoms with Gasteiger partial charge in [-0.1, -0.05) is 38.5 Å². The van der Waals surface area contributed by atoms with Crippen molar-refractivity contribution in [3.05, 3.63) is 0 Å². The summed E-state index contributed by atoms with van der Waals surface area (Å²) in [6.07, 6.45) is 10.4. The summed E-state index contributed by atoms with van der Waals surface area (Å²) in [5.74, 6) is 0.297. The first kappa shape index (κ1) is 15.6. The molecule has 0 saturated heterocycles. The number of hydrogen-bond acceptors (Lipinski definition) is 2. The number of carbonyl (C=O) groups excluding carboxylic acids is 2. The van der Waals surface area contributed by atoms with Crippen LogP contribution in [0.4, 0.5) is 0 Å². The van der Waals surface area contributed by atoms with E-state index >= 15 is 0 Å². The van der Waals surface area contributed by atoms with Gasteiger partial charge in [-0.05, 0) is 31.4 Å². The van der Waals surface area contributed by atoms with Gasteiger partial charge in [0.25, 0.3) is 0 Å². The van der Waals surface area contributed by atoms with Gasteiger partial charge in [0.05, 0.1) is 0 Å². The molecule has 0 aromatic carbocycles. The van der Waals surface area contributed by atoms with Crippen LogP contribution in [0.3, 0.4) is 0 Å². The Hall–Kier alpha value is -0.370. The summed E-state index contributed by atoms with van der Waals surface area (Å²) in [5, 5.41) is -0.218. The Morgan fingerprint density at radius 3 is 1.50 bits per heavy atom. The molecule has 0 amide bonds. The Morgan fingerprint density at radius 1 is 0.750 bits per heavy atom. The number of halogens is 1. The van der Waals surface area contributed by atoms with E-state index in [1.54, 1.807) is 6.92 Å². The second kappa shape index (κ2) is 11.1. The van der Waals surface area contributed by atoms with Crippen LogP contribution in [0.2, 0.25) is 0 Å². The Bertz CT molecular complexity index is 180. The summed E-state index contributed by atoms with van der Waals surface area (Å²) in [4.78, 5) is 21.1. The lowest BCUT2D eigenvalue weighted by Gasteiger charge is -2.00. The van der Waals surface area contributed by atoms with Crippen LogP contribution in [0.5, 0.6) is 0 Å². The van der Waals surface area contributed by atoms with Crippen LogP contribution in [-0.4, -0.2) is 11.0 Å². The van der Waals surface area contributed by atoms with Gasteiger partial charge in [-0.3, -0.25) is 4.79 Å².